The molecule has 164 valence electrons. The lowest BCUT2D eigenvalue weighted by Crippen LogP contribution is -2.57. The molecule has 8 heteroatoms. The number of amides is 2. The fourth-order valence-electron chi connectivity index (χ4n) is 6.02. The number of rotatable bonds is 4. The Labute approximate surface area is 182 Å². The highest BCUT2D eigenvalue weighted by atomic mass is 16.5. The van der Waals surface area contributed by atoms with Crippen LogP contribution in [0.5, 0.6) is 0 Å². The molecule has 0 saturated carbocycles. The number of carbonyl (C=O) groups is 2. The number of pyridine rings is 1. The first-order valence-electron chi connectivity index (χ1n) is 11.2. The molecule has 1 spiro atoms. The van der Waals surface area contributed by atoms with E-state index in [1.165, 1.54) is 5.56 Å². The molecule has 2 amide bonds. The average molecular weight is 424 g/mol. The first-order chi connectivity index (χ1) is 15.0. The van der Waals surface area contributed by atoms with E-state index in [1.807, 2.05) is 17.2 Å². The zero-order valence-corrected chi connectivity index (χ0v) is 18.2. The maximum absolute atomic E-state index is 13.3. The summed E-state index contributed by atoms with van der Waals surface area (Å²) in [5.41, 5.74) is 1.39. The number of aryl methyl sites for hydroxylation is 1. The van der Waals surface area contributed by atoms with Gasteiger partial charge in [-0.2, -0.15) is 0 Å². The van der Waals surface area contributed by atoms with Crippen LogP contribution in [-0.2, 0) is 11.3 Å². The van der Waals surface area contributed by atoms with E-state index in [9.17, 15) is 9.59 Å². The SMILES string of the molecule is CCN1C(=O)[C@H]2CN(Cc3cccnc3)C[C@H]2C12CCN(C(=O)c1cc(C)on1)CC2. The van der Waals surface area contributed by atoms with E-state index in [0.29, 0.717) is 30.5 Å². The number of hydrogen-bond donors (Lipinski definition) is 0. The van der Waals surface area contributed by atoms with Gasteiger partial charge in [0.2, 0.25) is 5.91 Å². The molecule has 0 N–H and O–H groups in total. The molecule has 8 nitrogen and oxygen atoms in total. The van der Waals surface area contributed by atoms with Gasteiger partial charge in [0, 0.05) is 63.6 Å². The molecule has 0 radical (unpaired) electrons. The largest absolute Gasteiger partial charge is 0.361 e. The molecule has 5 rings (SSSR count). The summed E-state index contributed by atoms with van der Waals surface area (Å²) >= 11 is 0. The number of carbonyl (C=O) groups excluding carboxylic acids is 2. The van der Waals surface area contributed by atoms with Gasteiger partial charge in [-0.15, -0.1) is 0 Å². The number of nitrogens with zero attached hydrogens (tertiary/aromatic N) is 5. The van der Waals surface area contributed by atoms with Gasteiger partial charge in [-0.3, -0.25) is 19.5 Å². The van der Waals surface area contributed by atoms with Gasteiger partial charge in [-0.05, 0) is 38.3 Å². The Morgan fingerprint density at radius 1 is 1.29 bits per heavy atom. The van der Waals surface area contributed by atoms with Crippen LogP contribution in [0.15, 0.2) is 35.1 Å². The lowest BCUT2D eigenvalue weighted by atomic mass is 9.75. The molecule has 3 saturated heterocycles. The molecule has 2 atom stereocenters. The molecule has 2 aromatic rings. The standard InChI is InChI=1S/C23H29N5O3/c1-3-28-21(29)18-14-26(13-17-5-4-8-24-12-17)15-19(18)23(28)6-9-27(10-7-23)22(30)20-11-16(2)31-25-20/h4-5,8,11-12,18-19H,3,6-7,9-10,13-15H2,1-2H3/t18-,19+/m0/s1. The van der Waals surface area contributed by atoms with Gasteiger partial charge in [0.1, 0.15) is 5.76 Å². The van der Waals surface area contributed by atoms with Crippen molar-refractivity contribution in [1.82, 2.24) is 24.8 Å². The molecule has 3 fully saturated rings. The molecule has 31 heavy (non-hydrogen) atoms. The number of piperidine rings is 1. The summed E-state index contributed by atoms with van der Waals surface area (Å²) in [7, 11) is 0. The summed E-state index contributed by atoms with van der Waals surface area (Å²) < 4.78 is 5.08. The van der Waals surface area contributed by atoms with E-state index in [1.54, 1.807) is 19.2 Å². The van der Waals surface area contributed by atoms with Crippen LogP contribution < -0.4 is 0 Å². The number of fused-ring (bicyclic) bond motifs is 2. The highest BCUT2D eigenvalue weighted by molar-refractivity contribution is 5.92. The van der Waals surface area contributed by atoms with Crippen LogP contribution in [0.4, 0.5) is 0 Å². The average Bonchev–Trinajstić information content (AvgIpc) is 3.45. The molecule has 0 unspecified atom stereocenters. The molecular weight excluding hydrogens is 394 g/mol. The van der Waals surface area contributed by atoms with E-state index in [2.05, 4.69) is 32.9 Å². The normalized spacial score (nSPS) is 25.4. The third kappa shape index (κ3) is 3.33. The van der Waals surface area contributed by atoms with Crippen LogP contribution in [0.2, 0.25) is 0 Å². The second-order valence-electron chi connectivity index (χ2n) is 9.07. The Kier molecular flexibility index (Phi) is 5.04. The summed E-state index contributed by atoms with van der Waals surface area (Å²) in [5.74, 6) is 1.20. The summed E-state index contributed by atoms with van der Waals surface area (Å²) in [5, 5.41) is 3.88. The van der Waals surface area contributed by atoms with Crippen LogP contribution in [0.3, 0.4) is 0 Å². The van der Waals surface area contributed by atoms with Crippen molar-refractivity contribution in [3.8, 4) is 0 Å². The fourth-order valence-corrected chi connectivity index (χ4v) is 6.02. The maximum atomic E-state index is 13.3. The van der Waals surface area contributed by atoms with E-state index in [4.69, 9.17) is 4.52 Å². The minimum atomic E-state index is -0.156. The Morgan fingerprint density at radius 2 is 2.10 bits per heavy atom. The molecule has 3 aliphatic rings. The van der Waals surface area contributed by atoms with Crippen molar-refractivity contribution >= 4 is 11.8 Å². The smallest absolute Gasteiger partial charge is 0.276 e. The highest BCUT2D eigenvalue weighted by Crippen LogP contribution is 2.49. The minimum absolute atomic E-state index is 0.0528. The van der Waals surface area contributed by atoms with Gasteiger partial charge in [-0.1, -0.05) is 11.2 Å². The van der Waals surface area contributed by atoms with E-state index < -0.39 is 0 Å². The third-order valence-corrected chi connectivity index (χ3v) is 7.42. The molecular formula is C23H29N5O3. The Hall–Kier alpha value is -2.74. The van der Waals surface area contributed by atoms with Crippen LogP contribution in [0.25, 0.3) is 0 Å². The second-order valence-corrected chi connectivity index (χ2v) is 9.07. The number of aromatic nitrogens is 2. The molecule has 0 bridgehead atoms. The number of hydrogen-bond acceptors (Lipinski definition) is 6. The molecule has 0 aliphatic carbocycles. The first kappa shape index (κ1) is 20.2. The van der Waals surface area contributed by atoms with Crippen LogP contribution in [-0.4, -0.2) is 74.9 Å². The van der Waals surface area contributed by atoms with Gasteiger partial charge >= 0.3 is 0 Å². The third-order valence-electron chi connectivity index (χ3n) is 7.42. The van der Waals surface area contributed by atoms with Gasteiger partial charge < -0.3 is 14.3 Å². The Balaban J connectivity index is 1.32. The van der Waals surface area contributed by atoms with Crippen molar-refractivity contribution in [3.05, 3.63) is 47.6 Å². The van der Waals surface area contributed by atoms with E-state index >= 15 is 0 Å². The van der Waals surface area contributed by atoms with Crippen molar-refractivity contribution in [2.75, 3.05) is 32.7 Å². The van der Waals surface area contributed by atoms with E-state index in [-0.39, 0.29) is 23.3 Å². The monoisotopic (exact) mass is 423 g/mol. The van der Waals surface area contributed by atoms with Crippen LogP contribution in [0.1, 0.15) is 41.6 Å². The molecule has 3 aliphatic heterocycles. The number of likely N-dealkylation sites (tertiary alicyclic amines) is 3. The van der Waals surface area contributed by atoms with Gasteiger partial charge in [-0.25, -0.2) is 0 Å². The predicted molar refractivity (Wildman–Crippen MR) is 113 cm³/mol. The van der Waals surface area contributed by atoms with Gasteiger partial charge in [0.25, 0.3) is 5.91 Å². The van der Waals surface area contributed by atoms with Crippen molar-refractivity contribution in [2.45, 2.75) is 38.8 Å². The molecule has 0 aromatic carbocycles. The zero-order chi connectivity index (χ0) is 21.6. The van der Waals surface area contributed by atoms with E-state index in [0.717, 1.165) is 39.0 Å². The topological polar surface area (TPSA) is 82.8 Å². The lowest BCUT2D eigenvalue weighted by molar-refractivity contribution is -0.135. The molecule has 5 heterocycles. The molecule has 2 aromatic heterocycles. The summed E-state index contributed by atoms with van der Waals surface area (Å²) in [6.45, 7) is 8.41. The van der Waals surface area contributed by atoms with Crippen LogP contribution >= 0.6 is 0 Å². The fraction of sp³-hybridized carbons (Fsp3) is 0.565. The zero-order valence-electron chi connectivity index (χ0n) is 18.2. The van der Waals surface area contributed by atoms with Crippen molar-refractivity contribution in [3.63, 3.8) is 0 Å². The minimum Gasteiger partial charge on any atom is -0.361 e. The summed E-state index contributed by atoms with van der Waals surface area (Å²) in [6, 6.07) is 5.74. The first-order valence-corrected chi connectivity index (χ1v) is 11.2. The highest BCUT2D eigenvalue weighted by Gasteiger charge is 2.61. The predicted octanol–water partition coefficient (Wildman–Crippen LogP) is 1.96. The van der Waals surface area contributed by atoms with Crippen LogP contribution in [0, 0.1) is 18.8 Å². The Bertz CT molecular complexity index is 967. The van der Waals surface area contributed by atoms with Crippen molar-refractivity contribution in [1.29, 1.82) is 0 Å². The van der Waals surface area contributed by atoms with Gasteiger partial charge in [0.15, 0.2) is 5.69 Å². The van der Waals surface area contributed by atoms with Crippen molar-refractivity contribution < 1.29 is 14.1 Å². The summed E-state index contributed by atoms with van der Waals surface area (Å²) in [6.07, 6.45) is 5.32. The summed E-state index contributed by atoms with van der Waals surface area (Å²) in [4.78, 5) is 36.7. The van der Waals surface area contributed by atoms with Crippen molar-refractivity contribution in [2.24, 2.45) is 11.8 Å². The quantitative estimate of drug-likeness (QED) is 0.748. The Morgan fingerprint density at radius 3 is 2.74 bits per heavy atom. The van der Waals surface area contributed by atoms with Gasteiger partial charge in [0.05, 0.1) is 11.5 Å². The second kappa shape index (κ2) is 7.75. The lowest BCUT2D eigenvalue weighted by Gasteiger charge is -2.47. The maximum Gasteiger partial charge on any atom is 0.276 e.